The van der Waals surface area contributed by atoms with Crippen molar-refractivity contribution in [3.63, 3.8) is 0 Å². The normalized spacial score (nSPS) is 19.5. The van der Waals surface area contributed by atoms with Gasteiger partial charge < -0.3 is 24.2 Å². The number of carbonyl (C=O) groups is 1. The van der Waals surface area contributed by atoms with Gasteiger partial charge in [0.25, 0.3) is 0 Å². The van der Waals surface area contributed by atoms with E-state index in [0.717, 1.165) is 17.0 Å². The molecule has 28 heavy (non-hydrogen) atoms. The van der Waals surface area contributed by atoms with Crippen LogP contribution in [0.1, 0.15) is 23.0 Å². The van der Waals surface area contributed by atoms with E-state index in [-0.39, 0.29) is 19.1 Å². The zero-order chi connectivity index (χ0) is 20.3. The average molecular weight is 389 g/mol. The molecule has 3 rings (SSSR count). The first-order chi connectivity index (χ1) is 13.5. The van der Waals surface area contributed by atoms with Crippen LogP contribution >= 0.6 is 0 Å². The molecule has 1 N–H and O–H groups in total. The molecule has 1 fully saturated rings. The van der Waals surface area contributed by atoms with Gasteiger partial charge in [0, 0.05) is 12.2 Å². The van der Waals surface area contributed by atoms with Crippen LogP contribution in [0.2, 0.25) is 0 Å². The van der Waals surface area contributed by atoms with Crippen LogP contribution in [-0.4, -0.2) is 65.8 Å². The Hall–Kier alpha value is -2.58. The molecule has 1 aliphatic rings. The van der Waals surface area contributed by atoms with Crippen molar-refractivity contribution in [1.82, 2.24) is 14.7 Å². The van der Waals surface area contributed by atoms with E-state index in [2.05, 4.69) is 5.10 Å². The lowest BCUT2D eigenvalue weighted by molar-refractivity contribution is -0.150. The third-order valence-electron chi connectivity index (χ3n) is 4.99. The van der Waals surface area contributed by atoms with Crippen LogP contribution in [0.3, 0.4) is 0 Å². The smallest absolute Gasteiger partial charge is 0.245 e. The number of ether oxygens (including phenoxy) is 3. The van der Waals surface area contributed by atoms with Gasteiger partial charge in [-0.05, 0) is 37.6 Å². The van der Waals surface area contributed by atoms with Gasteiger partial charge in [-0.3, -0.25) is 9.48 Å². The highest BCUT2D eigenvalue weighted by molar-refractivity contribution is 5.77. The number of aliphatic hydroxyl groups is 1. The lowest BCUT2D eigenvalue weighted by Crippen LogP contribution is -2.50. The van der Waals surface area contributed by atoms with Gasteiger partial charge in [-0.25, -0.2) is 0 Å². The van der Waals surface area contributed by atoms with Crippen molar-refractivity contribution < 1.29 is 24.1 Å². The molecule has 1 aromatic heterocycles. The number of hydrogen-bond acceptors (Lipinski definition) is 6. The molecule has 0 aliphatic carbocycles. The molecule has 152 valence electrons. The van der Waals surface area contributed by atoms with Crippen molar-refractivity contribution in [2.45, 2.75) is 32.5 Å². The summed E-state index contributed by atoms with van der Waals surface area (Å²) in [5.74, 6) is 1.09. The van der Waals surface area contributed by atoms with Crippen LogP contribution in [0.5, 0.6) is 11.5 Å². The lowest BCUT2D eigenvalue weighted by atomic mass is 9.97. The summed E-state index contributed by atoms with van der Waals surface area (Å²) < 4.78 is 18.1. The monoisotopic (exact) mass is 389 g/mol. The van der Waals surface area contributed by atoms with Crippen LogP contribution < -0.4 is 9.47 Å². The minimum absolute atomic E-state index is 0.0762. The fourth-order valence-electron chi connectivity index (χ4n) is 3.65. The van der Waals surface area contributed by atoms with Gasteiger partial charge in [0.05, 0.1) is 39.2 Å². The number of rotatable bonds is 6. The number of amides is 1. The van der Waals surface area contributed by atoms with E-state index in [0.29, 0.717) is 24.7 Å². The number of aromatic nitrogens is 2. The second-order valence-corrected chi connectivity index (χ2v) is 6.82. The number of benzene rings is 1. The summed E-state index contributed by atoms with van der Waals surface area (Å²) in [5.41, 5.74) is 2.62. The molecule has 2 aromatic rings. The first-order valence-electron chi connectivity index (χ1n) is 9.23. The van der Waals surface area contributed by atoms with Crippen molar-refractivity contribution in [3.05, 3.63) is 41.2 Å². The zero-order valence-corrected chi connectivity index (χ0v) is 16.7. The summed E-state index contributed by atoms with van der Waals surface area (Å²) in [5, 5.41) is 14.2. The second-order valence-electron chi connectivity index (χ2n) is 6.82. The topological polar surface area (TPSA) is 86.0 Å². The number of carbonyl (C=O) groups excluding carboxylic acids is 1. The van der Waals surface area contributed by atoms with Gasteiger partial charge in [0.1, 0.15) is 12.6 Å². The maximum atomic E-state index is 13.1. The predicted molar refractivity (Wildman–Crippen MR) is 103 cm³/mol. The average Bonchev–Trinajstić information content (AvgIpc) is 3.03. The SMILES string of the molecule is COc1ccc(C2C(CO)OCCN2C(=O)Cn2nc(C)cc2C)cc1OC. The summed E-state index contributed by atoms with van der Waals surface area (Å²) in [6.45, 7) is 4.59. The van der Waals surface area contributed by atoms with Gasteiger partial charge in [-0.15, -0.1) is 0 Å². The second kappa shape index (κ2) is 8.62. The summed E-state index contributed by atoms with van der Waals surface area (Å²) >= 11 is 0. The quantitative estimate of drug-likeness (QED) is 0.805. The molecule has 1 aliphatic heterocycles. The van der Waals surface area contributed by atoms with E-state index in [1.165, 1.54) is 0 Å². The minimum Gasteiger partial charge on any atom is -0.493 e. The molecular formula is C20H27N3O5. The van der Waals surface area contributed by atoms with Crippen LogP contribution in [-0.2, 0) is 16.1 Å². The Morgan fingerprint density at radius 3 is 2.61 bits per heavy atom. The Balaban J connectivity index is 1.92. The van der Waals surface area contributed by atoms with E-state index in [1.54, 1.807) is 29.9 Å². The molecule has 2 atom stereocenters. The fraction of sp³-hybridized carbons (Fsp3) is 0.500. The Bertz CT molecular complexity index is 835. The summed E-state index contributed by atoms with van der Waals surface area (Å²) in [4.78, 5) is 14.9. The van der Waals surface area contributed by atoms with E-state index < -0.39 is 12.1 Å². The van der Waals surface area contributed by atoms with E-state index >= 15 is 0 Å². The van der Waals surface area contributed by atoms with Crippen molar-refractivity contribution in [1.29, 1.82) is 0 Å². The van der Waals surface area contributed by atoms with E-state index in [9.17, 15) is 9.90 Å². The highest BCUT2D eigenvalue weighted by Gasteiger charge is 2.36. The van der Waals surface area contributed by atoms with Crippen molar-refractivity contribution >= 4 is 5.91 Å². The van der Waals surface area contributed by atoms with Gasteiger partial charge in [0.2, 0.25) is 5.91 Å². The molecule has 8 heteroatoms. The number of hydrogen-bond donors (Lipinski definition) is 1. The van der Waals surface area contributed by atoms with E-state index in [4.69, 9.17) is 14.2 Å². The molecule has 1 aromatic carbocycles. The summed E-state index contributed by atoms with van der Waals surface area (Å²) in [6, 6.07) is 7.00. The Morgan fingerprint density at radius 2 is 2.00 bits per heavy atom. The van der Waals surface area contributed by atoms with E-state index in [1.807, 2.05) is 32.0 Å². The molecule has 8 nitrogen and oxygen atoms in total. The van der Waals surface area contributed by atoms with Crippen LogP contribution in [0.4, 0.5) is 0 Å². The van der Waals surface area contributed by atoms with Gasteiger partial charge in [-0.2, -0.15) is 5.10 Å². The third-order valence-corrected chi connectivity index (χ3v) is 4.99. The molecule has 0 radical (unpaired) electrons. The number of morpholine rings is 1. The number of nitrogens with zero attached hydrogens (tertiary/aromatic N) is 3. The number of aliphatic hydroxyl groups excluding tert-OH is 1. The Morgan fingerprint density at radius 1 is 1.25 bits per heavy atom. The van der Waals surface area contributed by atoms with Crippen molar-refractivity contribution in [3.8, 4) is 11.5 Å². The molecule has 1 saturated heterocycles. The molecular weight excluding hydrogens is 362 g/mol. The maximum Gasteiger partial charge on any atom is 0.245 e. The van der Waals surface area contributed by atoms with Gasteiger partial charge in [-0.1, -0.05) is 6.07 Å². The number of aryl methyl sites for hydroxylation is 2. The van der Waals surface area contributed by atoms with Crippen LogP contribution in [0.15, 0.2) is 24.3 Å². The molecule has 0 spiro atoms. The largest absolute Gasteiger partial charge is 0.493 e. The summed E-state index contributed by atoms with van der Waals surface area (Å²) in [7, 11) is 3.14. The van der Waals surface area contributed by atoms with Gasteiger partial charge >= 0.3 is 0 Å². The molecule has 0 saturated carbocycles. The highest BCUT2D eigenvalue weighted by atomic mass is 16.5. The first kappa shape index (κ1) is 20.2. The zero-order valence-electron chi connectivity index (χ0n) is 16.7. The molecule has 1 amide bonds. The minimum atomic E-state index is -0.517. The van der Waals surface area contributed by atoms with Crippen LogP contribution in [0.25, 0.3) is 0 Å². The predicted octanol–water partition coefficient (Wildman–Crippen LogP) is 1.48. The van der Waals surface area contributed by atoms with Crippen molar-refractivity contribution in [2.24, 2.45) is 0 Å². The molecule has 2 unspecified atom stereocenters. The Labute approximate surface area is 164 Å². The molecule has 2 heterocycles. The maximum absolute atomic E-state index is 13.1. The lowest BCUT2D eigenvalue weighted by Gasteiger charge is -2.41. The fourth-order valence-corrected chi connectivity index (χ4v) is 3.65. The van der Waals surface area contributed by atoms with Gasteiger partial charge in [0.15, 0.2) is 11.5 Å². The first-order valence-corrected chi connectivity index (χ1v) is 9.23. The van der Waals surface area contributed by atoms with Crippen molar-refractivity contribution in [2.75, 3.05) is 34.0 Å². The standard InChI is InChI=1S/C20H27N3O5/c1-13-9-14(2)23(21-13)11-19(25)22-7-8-28-18(12-24)20(22)15-5-6-16(26-3)17(10-15)27-4/h5-6,9-10,18,20,24H,7-8,11-12H2,1-4H3. The third kappa shape index (κ3) is 3.98. The highest BCUT2D eigenvalue weighted by Crippen LogP contribution is 2.35. The van der Waals surface area contributed by atoms with Crippen LogP contribution in [0, 0.1) is 13.8 Å². The Kier molecular flexibility index (Phi) is 6.21. The summed E-state index contributed by atoms with van der Waals surface area (Å²) in [6.07, 6.45) is -0.517. The number of methoxy groups -OCH3 is 2. The molecule has 0 bridgehead atoms.